The summed E-state index contributed by atoms with van der Waals surface area (Å²) in [6, 6.07) is 5.24. The molecule has 1 rings (SSSR count). The monoisotopic (exact) mass is 602 g/mol. The zero-order chi connectivity index (χ0) is 30.7. The van der Waals surface area contributed by atoms with Crippen LogP contribution in [0.3, 0.4) is 0 Å². The molecule has 41 heavy (non-hydrogen) atoms. The maximum Gasteiger partial charge on any atom is 0.469 e. The van der Waals surface area contributed by atoms with E-state index < -0.39 is 25.7 Å². The van der Waals surface area contributed by atoms with Gasteiger partial charge in [0.05, 0.1) is 52.3 Å². The lowest BCUT2D eigenvalue weighted by Gasteiger charge is -2.22. The minimum atomic E-state index is -4.59. The van der Waals surface area contributed by atoms with E-state index in [9.17, 15) is 18.9 Å². The number of carbonyl (C=O) groups excluding carboxylic acids is 3. The number of rotatable bonds is 21. The molecule has 0 aromatic heterocycles. The molecule has 3 amide bonds. The highest BCUT2D eigenvalue weighted by molar-refractivity contribution is 7.46. The fourth-order valence-electron chi connectivity index (χ4n) is 3.13. The van der Waals surface area contributed by atoms with Crippen LogP contribution in [0.4, 0.5) is 5.69 Å². The summed E-state index contributed by atoms with van der Waals surface area (Å²) in [5, 5.41) is 11.1. The number of phosphoric ester groups is 1. The Kier molecular flexibility index (Phi) is 17.5. The Balaban J connectivity index is 2.31. The molecule has 1 aromatic carbocycles. The smallest absolute Gasteiger partial charge is 0.379 e. The lowest BCUT2D eigenvalue weighted by Crippen LogP contribution is -2.51. The first-order chi connectivity index (χ1) is 19.4. The van der Waals surface area contributed by atoms with Gasteiger partial charge in [-0.3, -0.25) is 18.9 Å². The molecule has 0 aliphatic carbocycles. The van der Waals surface area contributed by atoms with Crippen LogP contribution in [-0.4, -0.2) is 85.8 Å². The highest BCUT2D eigenvalue weighted by Gasteiger charge is 2.24. The van der Waals surface area contributed by atoms with Crippen LogP contribution < -0.4 is 16.0 Å². The molecule has 0 aliphatic heterocycles. The zero-order valence-corrected chi connectivity index (χ0v) is 24.2. The van der Waals surface area contributed by atoms with Crippen molar-refractivity contribution in [1.82, 2.24) is 10.6 Å². The highest BCUT2D eigenvalue weighted by atomic mass is 31.2. The number of carbonyl (C=O) groups is 3. The third-order valence-corrected chi connectivity index (χ3v) is 5.65. The number of amides is 3. The van der Waals surface area contributed by atoms with E-state index in [1.807, 2.05) is 6.92 Å². The molecule has 0 heterocycles. The van der Waals surface area contributed by atoms with Gasteiger partial charge in [0.1, 0.15) is 6.04 Å². The van der Waals surface area contributed by atoms with Crippen molar-refractivity contribution in [3.63, 3.8) is 0 Å². The lowest BCUT2D eigenvalue weighted by molar-refractivity contribution is -0.131. The molecule has 2 atom stereocenters. The standard InChI is InChI=1S/C24H39N6O10P/c1-17(2)23(29-21(31)8-10-38-15-18(3)39-13-12-37-11-9-27-30-25)24(33)26-14-22(32)28-20-6-4-19(5-7-20)16-40-41(34,35)36/h4-7,17-18,23H,8-16H2,1-3H3,(H,26,33)(H,28,32)(H,29,31)(H2,34,35,36)/t18-,23-/m0/s1. The predicted octanol–water partition coefficient (Wildman–Crippen LogP) is 1.63. The van der Waals surface area contributed by atoms with Crippen LogP contribution in [0.15, 0.2) is 29.4 Å². The lowest BCUT2D eigenvalue weighted by atomic mass is 10.0. The van der Waals surface area contributed by atoms with Crippen LogP contribution >= 0.6 is 7.82 Å². The summed E-state index contributed by atoms with van der Waals surface area (Å²) < 4.78 is 31.4. The second kappa shape index (κ2) is 19.9. The van der Waals surface area contributed by atoms with E-state index in [0.717, 1.165) is 0 Å². The number of hydrogen-bond donors (Lipinski definition) is 5. The van der Waals surface area contributed by atoms with Gasteiger partial charge in [0.15, 0.2) is 0 Å². The van der Waals surface area contributed by atoms with Gasteiger partial charge in [-0.1, -0.05) is 31.1 Å². The highest BCUT2D eigenvalue weighted by Crippen LogP contribution is 2.36. The van der Waals surface area contributed by atoms with Crippen LogP contribution in [0.2, 0.25) is 0 Å². The number of ether oxygens (including phenoxy) is 3. The molecule has 16 nitrogen and oxygen atoms in total. The molecule has 0 unspecified atom stereocenters. The molecule has 0 aliphatic rings. The average Bonchev–Trinajstić information content (AvgIpc) is 2.91. The minimum Gasteiger partial charge on any atom is -0.379 e. The van der Waals surface area contributed by atoms with E-state index in [2.05, 4.69) is 30.5 Å². The molecule has 0 saturated carbocycles. The number of anilines is 1. The van der Waals surface area contributed by atoms with E-state index in [1.165, 1.54) is 24.3 Å². The number of nitrogens with zero attached hydrogens (tertiary/aromatic N) is 3. The number of hydrogen-bond acceptors (Lipinski definition) is 9. The molecule has 0 fully saturated rings. The van der Waals surface area contributed by atoms with E-state index in [1.54, 1.807) is 13.8 Å². The van der Waals surface area contributed by atoms with Crippen molar-refractivity contribution in [2.75, 3.05) is 51.4 Å². The van der Waals surface area contributed by atoms with E-state index in [-0.39, 0.29) is 57.3 Å². The van der Waals surface area contributed by atoms with Crippen LogP contribution in [0.1, 0.15) is 32.8 Å². The van der Waals surface area contributed by atoms with Gasteiger partial charge < -0.3 is 39.9 Å². The molecule has 1 aromatic rings. The maximum absolute atomic E-state index is 12.6. The molecule has 0 saturated heterocycles. The van der Waals surface area contributed by atoms with Crippen molar-refractivity contribution in [3.8, 4) is 0 Å². The van der Waals surface area contributed by atoms with Crippen LogP contribution in [0.5, 0.6) is 0 Å². The molecule has 230 valence electrons. The third-order valence-electron chi connectivity index (χ3n) is 5.18. The SMILES string of the molecule is CC(C)[C@H](NC(=O)CCOC[C@H](C)OCCOCCN=[N+]=[N-])C(=O)NCC(=O)Nc1ccc(COP(=O)(O)O)cc1. The fourth-order valence-corrected chi connectivity index (χ4v) is 3.45. The molecule has 17 heteroatoms. The number of phosphoric acid groups is 1. The minimum absolute atomic E-state index is 0.0292. The summed E-state index contributed by atoms with van der Waals surface area (Å²) in [4.78, 5) is 57.4. The summed E-state index contributed by atoms with van der Waals surface area (Å²) in [7, 11) is -4.59. The molecule has 0 spiro atoms. The number of azide groups is 1. The first kappa shape index (κ1) is 36.0. The Morgan fingerprint density at radius 1 is 1.02 bits per heavy atom. The predicted molar refractivity (Wildman–Crippen MR) is 147 cm³/mol. The first-order valence-corrected chi connectivity index (χ1v) is 14.4. The van der Waals surface area contributed by atoms with E-state index in [4.69, 9.17) is 29.5 Å². The van der Waals surface area contributed by atoms with Crippen molar-refractivity contribution >= 4 is 31.2 Å². The second-order valence-electron chi connectivity index (χ2n) is 9.09. The Morgan fingerprint density at radius 2 is 1.73 bits per heavy atom. The maximum atomic E-state index is 12.6. The Morgan fingerprint density at radius 3 is 2.37 bits per heavy atom. The molecular formula is C24H39N6O10P. The normalized spacial score (nSPS) is 12.7. The van der Waals surface area contributed by atoms with Crippen LogP contribution in [0.25, 0.3) is 10.4 Å². The molecule has 0 radical (unpaired) electrons. The van der Waals surface area contributed by atoms with Crippen molar-refractivity contribution in [2.45, 2.75) is 45.9 Å². The van der Waals surface area contributed by atoms with Gasteiger partial charge in [-0.15, -0.1) is 0 Å². The van der Waals surface area contributed by atoms with Crippen LogP contribution in [0, 0.1) is 5.92 Å². The summed E-state index contributed by atoms with van der Waals surface area (Å²) >= 11 is 0. The Hall–Kier alpha value is -3.07. The third kappa shape index (κ3) is 18.1. The average molecular weight is 603 g/mol. The van der Waals surface area contributed by atoms with Gasteiger partial charge in [-0.2, -0.15) is 0 Å². The summed E-state index contributed by atoms with van der Waals surface area (Å²) in [6.45, 7) is 6.36. The van der Waals surface area contributed by atoms with E-state index in [0.29, 0.717) is 31.1 Å². The second-order valence-corrected chi connectivity index (χ2v) is 10.3. The Bertz CT molecular complexity index is 1050. The molecular weight excluding hydrogens is 563 g/mol. The van der Waals surface area contributed by atoms with Gasteiger partial charge in [0, 0.05) is 23.6 Å². The van der Waals surface area contributed by atoms with Crippen molar-refractivity contribution in [3.05, 3.63) is 40.3 Å². The van der Waals surface area contributed by atoms with Crippen molar-refractivity contribution < 1.29 is 47.5 Å². The zero-order valence-electron chi connectivity index (χ0n) is 23.4. The summed E-state index contributed by atoms with van der Waals surface area (Å²) in [5.74, 6) is -1.64. The number of benzene rings is 1. The van der Waals surface area contributed by atoms with Crippen LogP contribution in [-0.2, 0) is 44.3 Å². The number of nitrogens with one attached hydrogen (secondary N) is 3. The van der Waals surface area contributed by atoms with Gasteiger partial charge in [-0.05, 0) is 36.1 Å². The first-order valence-electron chi connectivity index (χ1n) is 12.8. The van der Waals surface area contributed by atoms with Crippen molar-refractivity contribution in [2.24, 2.45) is 11.0 Å². The Labute approximate surface area is 238 Å². The summed E-state index contributed by atoms with van der Waals surface area (Å²) in [6.07, 6.45) is -0.194. The molecule has 5 N–H and O–H groups in total. The van der Waals surface area contributed by atoms with Gasteiger partial charge in [0.2, 0.25) is 17.7 Å². The quantitative estimate of drug-likeness (QED) is 0.0449. The largest absolute Gasteiger partial charge is 0.469 e. The van der Waals surface area contributed by atoms with Gasteiger partial charge in [0.25, 0.3) is 0 Å². The van der Waals surface area contributed by atoms with Gasteiger partial charge >= 0.3 is 7.82 Å². The topological polar surface area (TPSA) is 231 Å². The molecule has 0 bridgehead atoms. The van der Waals surface area contributed by atoms with Gasteiger partial charge in [-0.25, -0.2) is 4.57 Å². The summed E-state index contributed by atoms with van der Waals surface area (Å²) in [5.41, 5.74) is 9.08. The van der Waals surface area contributed by atoms with E-state index >= 15 is 0 Å². The van der Waals surface area contributed by atoms with Crippen molar-refractivity contribution in [1.29, 1.82) is 0 Å². The fraction of sp³-hybridized carbons (Fsp3) is 0.625.